The Labute approximate surface area is 62.1 Å². The summed E-state index contributed by atoms with van der Waals surface area (Å²) in [6.45, 7) is 2.00. The summed E-state index contributed by atoms with van der Waals surface area (Å²) >= 11 is 0. The molecule has 1 atom stereocenters. The highest BCUT2D eigenvalue weighted by Crippen LogP contribution is 2.18. The van der Waals surface area contributed by atoms with Crippen molar-refractivity contribution < 1.29 is 5.11 Å². The Hall–Kier alpha value is -0.560. The summed E-state index contributed by atoms with van der Waals surface area (Å²) in [5.74, 6) is 0. The zero-order valence-electron chi connectivity index (χ0n) is 6.38. The molecule has 0 radical (unpaired) electrons. The van der Waals surface area contributed by atoms with Gasteiger partial charge in [0.25, 0.3) is 0 Å². The van der Waals surface area contributed by atoms with Crippen molar-refractivity contribution in [2.45, 2.75) is 32.3 Å². The van der Waals surface area contributed by atoms with Gasteiger partial charge in [-0.25, -0.2) is 0 Å². The van der Waals surface area contributed by atoms with Crippen LogP contribution in [0.5, 0.6) is 0 Å². The second-order valence-corrected chi connectivity index (χ2v) is 2.70. The molecule has 1 aliphatic carbocycles. The molecule has 0 aromatic heterocycles. The monoisotopic (exact) mass is 138 g/mol. The molecule has 0 amide bonds. The lowest BCUT2D eigenvalue weighted by Gasteiger charge is -2.13. The van der Waals surface area contributed by atoms with Crippen molar-refractivity contribution >= 4 is 0 Å². The maximum Gasteiger partial charge on any atom is 0.0726 e. The number of rotatable bonds is 1. The molecule has 0 aromatic carbocycles. The van der Waals surface area contributed by atoms with Crippen molar-refractivity contribution in [3.63, 3.8) is 0 Å². The van der Waals surface area contributed by atoms with Crippen molar-refractivity contribution in [3.8, 4) is 0 Å². The normalized spacial score (nSPS) is 27.0. The van der Waals surface area contributed by atoms with Crippen LogP contribution in [0.2, 0.25) is 0 Å². The van der Waals surface area contributed by atoms with E-state index in [0.717, 1.165) is 19.3 Å². The molecule has 0 bridgehead atoms. The summed E-state index contributed by atoms with van der Waals surface area (Å²) in [5.41, 5.74) is 1.28. The van der Waals surface area contributed by atoms with Gasteiger partial charge >= 0.3 is 0 Å². The van der Waals surface area contributed by atoms with Gasteiger partial charge < -0.3 is 5.11 Å². The zero-order valence-corrected chi connectivity index (χ0v) is 6.38. The Bertz CT molecular complexity index is 156. The molecule has 0 spiro atoms. The van der Waals surface area contributed by atoms with E-state index in [1.165, 1.54) is 5.57 Å². The summed E-state index contributed by atoms with van der Waals surface area (Å²) in [5, 5.41) is 9.20. The molecule has 1 heteroatoms. The highest BCUT2D eigenvalue weighted by molar-refractivity contribution is 5.21. The fourth-order valence-electron chi connectivity index (χ4n) is 1.28. The number of hydrogen-bond acceptors (Lipinski definition) is 1. The minimum absolute atomic E-state index is 0.194. The number of allylic oxidation sites excluding steroid dienone is 3. The van der Waals surface area contributed by atoms with Crippen molar-refractivity contribution in [2.75, 3.05) is 0 Å². The largest absolute Gasteiger partial charge is 0.389 e. The van der Waals surface area contributed by atoms with Gasteiger partial charge in [0.05, 0.1) is 6.10 Å². The van der Waals surface area contributed by atoms with Crippen LogP contribution in [-0.2, 0) is 0 Å². The number of hydrogen-bond donors (Lipinski definition) is 1. The van der Waals surface area contributed by atoms with E-state index in [1.54, 1.807) is 0 Å². The van der Waals surface area contributed by atoms with Crippen molar-refractivity contribution in [2.24, 2.45) is 0 Å². The molecule has 0 fully saturated rings. The molecule has 1 rings (SSSR count). The second kappa shape index (κ2) is 3.57. The third-order valence-electron chi connectivity index (χ3n) is 1.75. The van der Waals surface area contributed by atoms with Gasteiger partial charge in [-0.3, -0.25) is 0 Å². The Morgan fingerprint density at radius 1 is 1.70 bits per heavy atom. The van der Waals surface area contributed by atoms with Crippen LogP contribution in [0.3, 0.4) is 0 Å². The lowest BCUT2D eigenvalue weighted by Crippen LogP contribution is -2.07. The zero-order chi connectivity index (χ0) is 7.40. The van der Waals surface area contributed by atoms with Crippen molar-refractivity contribution in [3.05, 3.63) is 23.8 Å². The maximum atomic E-state index is 9.20. The van der Waals surface area contributed by atoms with Gasteiger partial charge in [0.2, 0.25) is 0 Å². The van der Waals surface area contributed by atoms with Crippen LogP contribution in [0.1, 0.15) is 26.2 Å². The van der Waals surface area contributed by atoms with Crippen LogP contribution in [0, 0.1) is 0 Å². The predicted molar refractivity (Wildman–Crippen MR) is 42.8 cm³/mol. The summed E-state index contributed by atoms with van der Waals surface area (Å²) < 4.78 is 0. The van der Waals surface area contributed by atoms with Crippen LogP contribution >= 0.6 is 0 Å². The number of aliphatic hydroxyl groups is 1. The number of aliphatic hydroxyl groups excluding tert-OH is 1. The maximum absolute atomic E-state index is 9.20. The third-order valence-corrected chi connectivity index (χ3v) is 1.75. The van der Waals surface area contributed by atoms with Gasteiger partial charge in [0, 0.05) is 0 Å². The minimum atomic E-state index is -0.194. The smallest absolute Gasteiger partial charge is 0.0726 e. The standard InChI is InChI=1S/C9H14O/c1-2-4-8-5-3-6-9(10)7-8/h2,4,7,9-10H,3,5-6H2,1H3/b4-2+/t9-/m1/s1. The summed E-state index contributed by atoms with van der Waals surface area (Å²) in [7, 11) is 0. The van der Waals surface area contributed by atoms with E-state index in [2.05, 4.69) is 6.08 Å². The van der Waals surface area contributed by atoms with Crippen LogP contribution in [0.4, 0.5) is 0 Å². The van der Waals surface area contributed by atoms with Gasteiger partial charge in [-0.1, -0.05) is 18.2 Å². The Morgan fingerprint density at radius 2 is 2.50 bits per heavy atom. The minimum Gasteiger partial charge on any atom is -0.389 e. The summed E-state index contributed by atoms with van der Waals surface area (Å²) in [4.78, 5) is 0. The molecule has 56 valence electrons. The molecule has 1 aliphatic rings. The van der Waals surface area contributed by atoms with E-state index in [9.17, 15) is 5.11 Å². The van der Waals surface area contributed by atoms with Crippen LogP contribution < -0.4 is 0 Å². The van der Waals surface area contributed by atoms with E-state index < -0.39 is 0 Å². The Kier molecular flexibility index (Phi) is 2.69. The lowest BCUT2D eigenvalue weighted by atomic mass is 9.97. The SMILES string of the molecule is C/C=C/C1=C[C@H](O)CCC1. The molecule has 1 nitrogen and oxygen atoms in total. The van der Waals surface area contributed by atoms with Crippen molar-refractivity contribution in [1.29, 1.82) is 0 Å². The topological polar surface area (TPSA) is 20.2 Å². The first-order valence-electron chi connectivity index (χ1n) is 3.84. The Morgan fingerprint density at radius 3 is 3.10 bits per heavy atom. The highest BCUT2D eigenvalue weighted by Gasteiger charge is 2.07. The first kappa shape index (κ1) is 7.55. The van der Waals surface area contributed by atoms with Gasteiger partial charge in [-0.05, 0) is 31.8 Å². The third kappa shape index (κ3) is 1.99. The molecule has 0 saturated heterocycles. The van der Waals surface area contributed by atoms with Gasteiger partial charge in [-0.15, -0.1) is 0 Å². The van der Waals surface area contributed by atoms with Crippen molar-refractivity contribution in [1.82, 2.24) is 0 Å². The van der Waals surface area contributed by atoms with Crippen LogP contribution in [0.25, 0.3) is 0 Å². The average molecular weight is 138 g/mol. The molecule has 0 aliphatic heterocycles. The Balaban J connectivity index is 2.57. The van der Waals surface area contributed by atoms with Gasteiger partial charge in [-0.2, -0.15) is 0 Å². The molecular formula is C9H14O. The molecule has 0 saturated carbocycles. The first-order valence-corrected chi connectivity index (χ1v) is 3.84. The molecule has 0 unspecified atom stereocenters. The first-order chi connectivity index (χ1) is 4.83. The van der Waals surface area contributed by atoms with E-state index in [0.29, 0.717) is 0 Å². The average Bonchev–Trinajstić information content (AvgIpc) is 1.88. The molecular weight excluding hydrogens is 124 g/mol. The summed E-state index contributed by atoms with van der Waals surface area (Å²) in [6.07, 6.45) is 9.02. The van der Waals surface area contributed by atoms with E-state index >= 15 is 0 Å². The van der Waals surface area contributed by atoms with E-state index in [1.807, 2.05) is 19.1 Å². The molecule has 0 aromatic rings. The second-order valence-electron chi connectivity index (χ2n) is 2.70. The quantitative estimate of drug-likeness (QED) is 0.588. The molecule has 1 N–H and O–H groups in total. The van der Waals surface area contributed by atoms with E-state index in [-0.39, 0.29) is 6.10 Å². The van der Waals surface area contributed by atoms with Crippen LogP contribution in [-0.4, -0.2) is 11.2 Å². The van der Waals surface area contributed by atoms with E-state index in [4.69, 9.17) is 0 Å². The fourth-order valence-corrected chi connectivity index (χ4v) is 1.28. The molecule has 0 heterocycles. The lowest BCUT2D eigenvalue weighted by molar-refractivity contribution is 0.203. The van der Waals surface area contributed by atoms with Gasteiger partial charge in [0.15, 0.2) is 0 Å². The fraction of sp³-hybridized carbons (Fsp3) is 0.556. The van der Waals surface area contributed by atoms with Gasteiger partial charge in [0.1, 0.15) is 0 Å². The summed E-state index contributed by atoms with van der Waals surface area (Å²) in [6, 6.07) is 0. The predicted octanol–water partition coefficient (Wildman–Crippen LogP) is 2.03. The van der Waals surface area contributed by atoms with Crippen LogP contribution in [0.15, 0.2) is 23.8 Å². The highest BCUT2D eigenvalue weighted by atomic mass is 16.3. The molecule has 10 heavy (non-hydrogen) atoms.